The first kappa shape index (κ1) is 22.8. The molecule has 1 aromatic heterocycles. The van der Waals surface area contributed by atoms with Crippen molar-refractivity contribution in [2.24, 2.45) is 0 Å². The van der Waals surface area contributed by atoms with E-state index in [1.165, 1.54) is 4.31 Å². The summed E-state index contributed by atoms with van der Waals surface area (Å²) in [4.78, 5) is 13.0. The highest BCUT2D eigenvalue weighted by Crippen LogP contribution is 2.24. The first-order chi connectivity index (χ1) is 14.4. The molecule has 2 aromatic rings. The van der Waals surface area contributed by atoms with Crippen LogP contribution in [-0.4, -0.2) is 41.5 Å². The summed E-state index contributed by atoms with van der Waals surface area (Å²) in [6.07, 6.45) is 4.72. The third-order valence-electron chi connectivity index (χ3n) is 5.36. The molecular weight excluding hydrogens is 424 g/mol. The van der Waals surface area contributed by atoms with E-state index in [0.717, 1.165) is 32.1 Å². The number of nitrogens with one attached hydrogen (secondary N) is 1. The summed E-state index contributed by atoms with van der Waals surface area (Å²) in [5.74, 6) is -0.356. The second kappa shape index (κ2) is 9.94. The van der Waals surface area contributed by atoms with Gasteiger partial charge < -0.3 is 5.32 Å². The van der Waals surface area contributed by atoms with Crippen LogP contribution in [-0.2, 0) is 23.1 Å². The highest BCUT2D eigenvalue weighted by molar-refractivity contribution is 7.89. The Balaban J connectivity index is 1.77. The molecule has 7 nitrogen and oxygen atoms in total. The van der Waals surface area contributed by atoms with Crippen molar-refractivity contribution in [1.82, 2.24) is 19.4 Å². The number of benzene rings is 1. The van der Waals surface area contributed by atoms with Gasteiger partial charge in [-0.1, -0.05) is 49.6 Å². The maximum absolute atomic E-state index is 13.1. The van der Waals surface area contributed by atoms with Gasteiger partial charge in [0.15, 0.2) is 0 Å². The summed E-state index contributed by atoms with van der Waals surface area (Å²) in [5.41, 5.74) is 1.45. The molecule has 1 aromatic carbocycles. The number of carbonyl (C=O) groups is 1. The van der Waals surface area contributed by atoms with Gasteiger partial charge in [0, 0.05) is 26.2 Å². The standard InChI is InChI=1S/C21H29ClN4O3S/c1-3-4-14-26-20(22)19(16(2)24-26)21(27)23-15-17-10-6-7-11-18(17)30(28,29)25-12-8-5-9-13-25/h6-7,10-11H,3-5,8-9,12-15H2,1-2H3,(H,23,27). The van der Waals surface area contributed by atoms with Gasteiger partial charge in [0.05, 0.1) is 16.2 Å². The molecule has 1 N–H and O–H groups in total. The Labute approximate surface area is 183 Å². The number of halogens is 1. The van der Waals surface area contributed by atoms with Gasteiger partial charge in [-0.3, -0.25) is 9.48 Å². The van der Waals surface area contributed by atoms with Gasteiger partial charge >= 0.3 is 0 Å². The van der Waals surface area contributed by atoms with E-state index in [-0.39, 0.29) is 17.3 Å². The summed E-state index contributed by atoms with van der Waals surface area (Å²) < 4.78 is 29.4. The predicted molar refractivity (Wildman–Crippen MR) is 117 cm³/mol. The SMILES string of the molecule is CCCCn1nc(C)c(C(=O)NCc2ccccc2S(=O)(=O)N2CCCCC2)c1Cl. The Morgan fingerprint density at radius 3 is 2.60 bits per heavy atom. The smallest absolute Gasteiger partial charge is 0.256 e. The van der Waals surface area contributed by atoms with Gasteiger partial charge in [-0.15, -0.1) is 0 Å². The predicted octanol–water partition coefficient (Wildman–Crippen LogP) is 3.75. The van der Waals surface area contributed by atoms with Crippen LogP contribution in [0.5, 0.6) is 0 Å². The van der Waals surface area contributed by atoms with Crippen molar-refractivity contribution in [1.29, 1.82) is 0 Å². The van der Waals surface area contributed by atoms with Crippen LogP contribution < -0.4 is 5.32 Å². The lowest BCUT2D eigenvalue weighted by atomic mass is 10.2. The quantitative estimate of drug-likeness (QED) is 0.661. The van der Waals surface area contributed by atoms with Crippen LogP contribution in [0, 0.1) is 6.92 Å². The second-order valence-corrected chi connectivity index (χ2v) is 9.85. The van der Waals surface area contributed by atoms with Gasteiger partial charge in [-0.2, -0.15) is 9.40 Å². The summed E-state index contributed by atoms with van der Waals surface area (Å²) in [7, 11) is -3.59. The monoisotopic (exact) mass is 452 g/mol. The van der Waals surface area contributed by atoms with E-state index in [1.54, 1.807) is 35.9 Å². The molecule has 1 amide bonds. The maximum Gasteiger partial charge on any atom is 0.256 e. The first-order valence-corrected chi connectivity index (χ1v) is 12.3. The molecule has 1 fully saturated rings. The minimum atomic E-state index is -3.59. The summed E-state index contributed by atoms with van der Waals surface area (Å²) in [5, 5.41) is 7.50. The fourth-order valence-electron chi connectivity index (χ4n) is 3.68. The molecule has 2 heterocycles. The Hall–Kier alpha value is -1.90. The topological polar surface area (TPSA) is 84.3 Å². The number of aromatic nitrogens is 2. The van der Waals surface area contributed by atoms with Crippen LogP contribution in [0.2, 0.25) is 5.15 Å². The van der Waals surface area contributed by atoms with Gasteiger partial charge in [0.25, 0.3) is 5.91 Å². The number of unbranched alkanes of at least 4 members (excludes halogenated alkanes) is 1. The van der Waals surface area contributed by atoms with Crippen molar-refractivity contribution in [3.63, 3.8) is 0 Å². The Morgan fingerprint density at radius 2 is 1.90 bits per heavy atom. The largest absolute Gasteiger partial charge is 0.348 e. The zero-order valence-electron chi connectivity index (χ0n) is 17.5. The average molecular weight is 453 g/mol. The average Bonchev–Trinajstić information content (AvgIpc) is 3.04. The molecule has 0 radical (unpaired) electrons. The number of hydrogen-bond donors (Lipinski definition) is 1. The summed E-state index contributed by atoms with van der Waals surface area (Å²) in [6.45, 7) is 5.65. The van der Waals surface area contributed by atoms with Crippen LogP contribution in [0.15, 0.2) is 29.2 Å². The number of amides is 1. The van der Waals surface area contributed by atoms with Gasteiger partial charge in [-0.25, -0.2) is 8.42 Å². The van der Waals surface area contributed by atoms with E-state index in [1.807, 2.05) is 0 Å². The Bertz CT molecular complexity index is 998. The van der Waals surface area contributed by atoms with Crippen LogP contribution in [0.1, 0.15) is 60.6 Å². The van der Waals surface area contributed by atoms with Gasteiger partial charge in [0.1, 0.15) is 5.15 Å². The number of piperidine rings is 1. The van der Waals surface area contributed by atoms with Crippen LogP contribution in [0.4, 0.5) is 0 Å². The fraction of sp³-hybridized carbons (Fsp3) is 0.524. The van der Waals surface area contributed by atoms with E-state index < -0.39 is 10.0 Å². The van der Waals surface area contributed by atoms with E-state index in [9.17, 15) is 13.2 Å². The molecule has 1 aliphatic rings. The molecule has 0 atom stereocenters. The van der Waals surface area contributed by atoms with Crippen LogP contribution >= 0.6 is 11.6 Å². The van der Waals surface area contributed by atoms with E-state index in [4.69, 9.17) is 11.6 Å². The third kappa shape index (κ3) is 4.87. The second-order valence-electron chi connectivity index (χ2n) is 7.58. The zero-order valence-corrected chi connectivity index (χ0v) is 19.1. The van der Waals surface area contributed by atoms with Crippen molar-refractivity contribution in [2.45, 2.75) is 63.9 Å². The van der Waals surface area contributed by atoms with Crippen LogP contribution in [0.25, 0.3) is 0 Å². The third-order valence-corrected chi connectivity index (χ3v) is 7.74. The van der Waals surface area contributed by atoms with Crippen molar-refractivity contribution in [2.75, 3.05) is 13.1 Å². The molecule has 9 heteroatoms. The number of aryl methyl sites for hydroxylation is 2. The molecule has 1 saturated heterocycles. The summed E-state index contributed by atoms with van der Waals surface area (Å²) in [6, 6.07) is 6.82. The number of sulfonamides is 1. The van der Waals surface area contributed by atoms with E-state index in [0.29, 0.717) is 41.6 Å². The highest BCUT2D eigenvalue weighted by Gasteiger charge is 2.28. The van der Waals surface area contributed by atoms with Crippen molar-refractivity contribution >= 4 is 27.5 Å². The number of nitrogens with zero attached hydrogens (tertiary/aromatic N) is 3. The lowest BCUT2D eigenvalue weighted by Crippen LogP contribution is -2.36. The normalized spacial score (nSPS) is 15.3. The molecule has 0 unspecified atom stereocenters. The molecule has 3 rings (SSSR count). The molecule has 0 saturated carbocycles. The Kier molecular flexibility index (Phi) is 7.55. The summed E-state index contributed by atoms with van der Waals surface area (Å²) >= 11 is 6.38. The van der Waals surface area contributed by atoms with Crippen LogP contribution in [0.3, 0.4) is 0 Å². The van der Waals surface area contributed by atoms with E-state index in [2.05, 4.69) is 17.3 Å². The van der Waals surface area contributed by atoms with Gasteiger partial charge in [0.2, 0.25) is 10.0 Å². The molecule has 164 valence electrons. The first-order valence-electron chi connectivity index (χ1n) is 10.5. The number of rotatable bonds is 8. The van der Waals surface area contributed by atoms with Gasteiger partial charge in [-0.05, 0) is 37.8 Å². The maximum atomic E-state index is 13.1. The zero-order chi connectivity index (χ0) is 21.7. The lowest BCUT2D eigenvalue weighted by Gasteiger charge is -2.26. The fourth-order valence-corrected chi connectivity index (χ4v) is 5.76. The molecule has 30 heavy (non-hydrogen) atoms. The van der Waals surface area contributed by atoms with Crippen molar-refractivity contribution < 1.29 is 13.2 Å². The minimum Gasteiger partial charge on any atom is -0.348 e. The molecular formula is C21H29ClN4O3S. The molecule has 0 aliphatic carbocycles. The highest BCUT2D eigenvalue weighted by atomic mass is 35.5. The van der Waals surface area contributed by atoms with Crippen molar-refractivity contribution in [3.8, 4) is 0 Å². The van der Waals surface area contributed by atoms with Crippen molar-refractivity contribution in [3.05, 3.63) is 46.2 Å². The number of carbonyl (C=O) groups excluding carboxylic acids is 1. The Morgan fingerprint density at radius 1 is 1.20 bits per heavy atom. The molecule has 1 aliphatic heterocycles. The number of hydrogen-bond acceptors (Lipinski definition) is 4. The minimum absolute atomic E-state index is 0.0952. The van der Waals surface area contributed by atoms with E-state index >= 15 is 0 Å². The molecule has 0 spiro atoms. The lowest BCUT2D eigenvalue weighted by molar-refractivity contribution is 0.0950. The molecule has 0 bridgehead atoms.